The van der Waals surface area contributed by atoms with Gasteiger partial charge in [0.05, 0.1) is 23.3 Å². The number of nitrogens with zero attached hydrogens (tertiary/aromatic N) is 2. The number of H-pyrrole nitrogens is 1. The molecule has 1 aromatic heterocycles. The first-order valence-electron chi connectivity index (χ1n) is 6.32. The van der Waals surface area contributed by atoms with Crippen LogP contribution in [0.2, 0.25) is 5.02 Å². The number of aromatic amines is 1. The Hall–Kier alpha value is -2.34. The number of nitrogens with one attached hydrogen (secondary N) is 2. The lowest BCUT2D eigenvalue weighted by atomic mass is 10.2. The minimum absolute atomic E-state index is 0.0849. The summed E-state index contributed by atoms with van der Waals surface area (Å²) < 4.78 is 0. The molecular weight excluding hydrogens is 292 g/mol. The fraction of sp³-hybridized carbons (Fsp3) is 0.214. The average molecular weight is 307 g/mol. The molecule has 110 valence electrons. The van der Waals surface area contributed by atoms with Gasteiger partial charge in [0.2, 0.25) is 5.91 Å². The van der Waals surface area contributed by atoms with Gasteiger partial charge in [0, 0.05) is 25.4 Å². The third kappa shape index (κ3) is 4.06. The SMILES string of the molecule is CN(Cc1cn[nH]c1)C(=O)CNC(=O)c1ccccc1Cl. The van der Waals surface area contributed by atoms with Gasteiger partial charge < -0.3 is 10.2 Å². The average Bonchev–Trinajstić information content (AvgIpc) is 2.97. The molecule has 0 saturated carbocycles. The summed E-state index contributed by atoms with van der Waals surface area (Å²) in [6.45, 7) is 0.343. The first-order valence-corrected chi connectivity index (χ1v) is 6.70. The Morgan fingerprint density at radius 3 is 2.81 bits per heavy atom. The number of amides is 2. The third-order valence-electron chi connectivity index (χ3n) is 2.92. The maximum atomic E-state index is 11.9. The van der Waals surface area contributed by atoms with E-state index in [4.69, 9.17) is 11.6 Å². The number of rotatable bonds is 5. The van der Waals surface area contributed by atoms with Gasteiger partial charge in [0.1, 0.15) is 0 Å². The molecule has 0 bridgehead atoms. The molecule has 0 aliphatic heterocycles. The zero-order chi connectivity index (χ0) is 15.2. The van der Waals surface area contributed by atoms with Gasteiger partial charge in [-0.25, -0.2) is 0 Å². The smallest absolute Gasteiger partial charge is 0.253 e. The number of aromatic nitrogens is 2. The number of carbonyl (C=O) groups is 2. The van der Waals surface area contributed by atoms with Crippen molar-refractivity contribution < 1.29 is 9.59 Å². The van der Waals surface area contributed by atoms with Crippen LogP contribution >= 0.6 is 11.6 Å². The summed E-state index contributed by atoms with van der Waals surface area (Å²) in [6, 6.07) is 6.69. The molecule has 0 unspecified atom stereocenters. The largest absolute Gasteiger partial charge is 0.343 e. The molecule has 1 heterocycles. The topological polar surface area (TPSA) is 78.1 Å². The third-order valence-corrected chi connectivity index (χ3v) is 3.25. The number of halogens is 1. The molecule has 6 nitrogen and oxygen atoms in total. The van der Waals surface area contributed by atoms with Crippen LogP contribution < -0.4 is 5.32 Å². The predicted octanol–water partition coefficient (Wildman–Crippen LogP) is 1.45. The first-order chi connectivity index (χ1) is 10.1. The van der Waals surface area contributed by atoms with Gasteiger partial charge in [-0.1, -0.05) is 23.7 Å². The van der Waals surface area contributed by atoms with Gasteiger partial charge in [-0.05, 0) is 12.1 Å². The van der Waals surface area contributed by atoms with Crippen molar-refractivity contribution >= 4 is 23.4 Å². The summed E-state index contributed by atoms with van der Waals surface area (Å²) in [4.78, 5) is 25.4. The second kappa shape index (κ2) is 6.90. The zero-order valence-corrected chi connectivity index (χ0v) is 12.2. The molecule has 0 saturated heterocycles. The van der Waals surface area contributed by atoms with E-state index < -0.39 is 0 Å². The van der Waals surface area contributed by atoms with Gasteiger partial charge >= 0.3 is 0 Å². The van der Waals surface area contributed by atoms with Gasteiger partial charge in [-0.3, -0.25) is 14.7 Å². The Balaban J connectivity index is 1.86. The Bertz CT molecular complexity index is 628. The molecule has 0 spiro atoms. The van der Waals surface area contributed by atoms with Crippen LogP contribution in [0.5, 0.6) is 0 Å². The van der Waals surface area contributed by atoms with Gasteiger partial charge in [0.25, 0.3) is 5.91 Å². The normalized spacial score (nSPS) is 10.2. The van der Waals surface area contributed by atoms with Crippen LogP contribution in [0.15, 0.2) is 36.7 Å². The molecule has 2 amide bonds. The maximum absolute atomic E-state index is 11.9. The van der Waals surface area contributed by atoms with E-state index in [-0.39, 0.29) is 18.4 Å². The number of carbonyl (C=O) groups excluding carboxylic acids is 2. The van der Waals surface area contributed by atoms with Crippen molar-refractivity contribution in [3.63, 3.8) is 0 Å². The number of hydrogen-bond acceptors (Lipinski definition) is 3. The van der Waals surface area contributed by atoms with Crippen LogP contribution in [0.3, 0.4) is 0 Å². The van der Waals surface area contributed by atoms with Crippen molar-refractivity contribution in [2.45, 2.75) is 6.54 Å². The van der Waals surface area contributed by atoms with Gasteiger partial charge in [-0.15, -0.1) is 0 Å². The van der Waals surface area contributed by atoms with E-state index in [2.05, 4.69) is 15.5 Å². The highest BCUT2D eigenvalue weighted by molar-refractivity contribution is 6.33. The summed E-state index contributed by atoms with van der Waals surface area (Å²) in [6.07, 6.45) is 3.36. The van der Waals surface area contributed by atoms with E-state index in [0.717, 1.165) is 5.56 Å². The van der Waals surface area contributed by atoms with E-state index in [1.807, 2.05) is 0 Å². The Morgan fingerprint density at radius 2 is 2.14 bits per heavy atom. The molecule has 2 aromatic rings. The number of likely N-dealkylation sites (N-methyl/N-ethyl adjacent to an activating group) is 1. The van der Waals surface area contributed by atoms with E-state index in [1.54, 1.807) is 43.7 Å². The number of benzene rings is 1. The lowest BCUT2D eigenvalue weighted by Gasteiger charge is -2.16. The van der Waals surface area contributed by atoms with Crippen molar-refractivity contribution in [2.24, 2.45) is 0 Å². The summed E-state index contributed by atoms with van der Waals surface area (Å²) in [5, 5.41) is 9.41. The van der Waals surface area contributed by atoms with Crippen molar-refractivity contribution in [3.8, 4) is 0 Å². The molecule has 0 radical (unpaired) electrons. The van der Waals surface area contributed by atoms with E-state index in [0.29, 0.717) is 17.1 Å². The molecule has 0 aliphatic rings. The summed E-state index contributed by atoms with van der Waals surface area (Å²) in [5.74, 6) is -0.567. The van der Waals surface area contributed by atoms with Crippen molar-refractivity contribution in [3.05, 3.63) is 52.8 Å². The highest BCUT2D eigenvalue weighted by atomic mass is 35.5. The zero-order valence-electron chi connectivity index (χ0n) is 11.5. The number of hydrogen-bond donors (Lipinski definition) is 2. The molecule has 7 heteroatoms. The summed E-state index contributed by atoms with van der Waals surface area (Å²) in [5.41, 5.74) is 1.24. The molecule has 2 N–H and O–H groups in total. The molecule has 1 aromatic carbocycles. The lowest BCUT2D eigenvalue weighted by molar-refractivity contribution is -0.129. The fourth-order valence-electron chi connectivity index (χ4n) is 1.76. The molecule has 0 atom stereocenters. The summed E-state index contributed by atoms with van der Waals surface area (Å²) in [7, 11) is 1.66. The lowest BCUT2D eigenvalue weighted by Crippen LogP contribution is -2.37. The maximum Gasteiger partial charge on any atom is 0.253 e. The van der Waals surface area contributed by atoms with Gasteiger partial charge in [0.15, 0.2) is 0 Å². The second-order valence-corrected chi connectivity index (χ2v) is 4.93. The van der Waals surface area contributed by atoms with E-state index >= 15 is 0 Å². The highest BCUT2D eigenvalue weighted by Gasteiger charge is 2.13. The molecular formula is C14H15ClN4O2. The Morgan fingerprint density at radius 1 is 1.38 bits per heavy atom. The highest BCUT2D eigenvalue weighted by Crippen LogP contribution is 2.14. The van der Waals surface area contributed by atoms with Crippen LogP contribution in [-0.2, 0) is 11.3 Å². The van der Waals surface area contributed by atoms with Crippen molar-refractivity contribution in [1.82, 2.24) is 20.4 Å². The van der Waals surface area contributed by atoms with Crippen LogP contribution in [0.4, 0.5) is 0 Å². The molecule has 2 rings (SSSR count). The van der Waals surface area contributed by atoms with E-state index in [1.165, 1.54) is 4.90 Å². The van der Waals surface area contributed by atoms with Crippen LogP contribution in [0, 0.1) is 0 Å². The molecule has 21 heavy (non-hydrogen) atoms. The molecule has 0 fully saturated rings. The van der Waals surface area contributed by atoms with Crippen molar-refractivity contribution in [2.75, 3.05) is 13.6 Å². The van der Waals surface area contributed by atoms with Gasteiger partial charge in [-0.2, -0.15) is 5.10 Å². The predicted molar refractivity (Wildman–Crippen MR) is 78.8 cm³/mol. The first kappa shape index (κ1) is 15.1. The standard InChI is InChI=1S/C14H15ClN4O2/c1-19(9-10-6-17-18-7-10)13(20)8-16-14(21)11-4-2-3-5-12(11)15/h2-7H,8-9H2,1H3,(H,16,21)(H,17,18). The monoisotopic (exact) mass is 306 g/mol. The van der Waals surface area contributed by atoms with E-state index in [9.17, 15) is 9.59 Å². The quantitative estimate of drug-likeness (QED) is 0.877. The molecule has 0 aliphatic carbocycles. The van der Waals surface area contributed by atoms with Crippen LogP contribution in [0.25, 0.3) is 0 Å². The van der Waals surface area contributed by atoms with Crippen LogP contribution in [-0.4, -0.2) is 40.5 Å². The fourth-order valence-corrected chi connectivity index (χ4v) is 1.98. The Labute approximate surface area is 127 Å². The minimum Gasteiger partial charge on any atom is -0.343 e. The second-order valence-electron chi connectivity index (χ2n) is 4.52. The van der Waals surface area contributed by atoms with Crippen molar-refractivity contribution in [1.29, 1.82) is 0 Å². The minimum atomic E-state index is -0.370. The Kier molecular flexibility index (Phi) is 4.94. The van der Waals surface area contributed by atoms with Crippen LogP contribution in [0.1, 0.15) is 15.9 Å². The summed E-state index contributed by atoms with van der Waals surface area (Å²) >= 11 is 5.93.